The zero-order chi connectivity index (χ0) is 17.4. The quantitative estimate of drug-likeness (QED) is 0.725. The smallest absolute Gasteiger partial charge is 0.255 e. The van der Waals surface area contributed by atoms with Gasteiger partial charge in [0.15, 0.2) is 0 Å². The Kier molecular flexibility index (Phi) is 7.12. The maximum atomic E-state index is 13.5. The number of halogens is 1. The number of thioether (sulfide) groups is 1. The average Bonchev–Trinajstić information content (AvgIpc) is 2.56. The molecular formula is C19H22FNO2S. The lowest BCUT2D eigenvalue weighted by Gasteiger charge is -2.14. The summed E-state index contributed by atoms with van der Waals surface area (Å²) in [6.45, 7) is 4.37. The minimum atomic E-state index is -0.186. The van der Waals surface area contributed by atoms with Gasteiger partial charge in [-0.2, -0.15) is 11.8 Å². The lowest BCUT2D eigenvalue weighted by molar-refractivity contribution is 0.0950. The van der Waals surface area contributed by atoms with Crippen LogP contribution in [0.1, 0.15) is 29.8 Å². The molecule has 0 heterocycles. The molecule has 0 aliphatic carbocycles. The molecule has 1 amide bonds. The van der Waals surface area contributed by atoms with Gasteiger partial charge in [-0.25, -0.2) is 4.39 Å². The molecule has 0 aliphatic heterocycles. The minimum absolute atomic E-state index is 0.00951. The zero-order valence-corrected chi connectivity index (χ0v) is 14.7. The molecule has 0 aromatic heterocycles. The Morgan fingerprint density at radius 3 is 2.62 bits per heavy atom. The number of hydrogen-bond acceptors (Lipinski definition) is 3. The molecule has 2 aromatic carbocycles. The standard InChI is InChI=1S/C19H22FNO2S/c1-14(2)23-18-10-6-4-8-16(18)19(22)21-11-12-24-13-15-7-3-5-9-17(15)20/h3-10,14H,11-13H2,1-2H3,(H,21,22). The maximum Gasteiger partial charge on any atom is 0.255 e. The van der Waals surface area contributed by atoms with E-state index in [1.165, 1.54) is 6.07 Å². The van der Waals surface area contributed by atoms with Crippen molar-refractivity contribution in [3.05, 3.63) is 65.5 Å². The van der Waals surface area contributed by atoms with Crippen molar-refractivity contribution in [2.24, 2.45) is 0 Å². The molecule has 0 saturated heterocycles. The number of carbonyl (C=O) groups excluding carboxylic acids is 1. The molecule has 24 heavy (non-hydrogen) atoms. The first kappa shape index (κ1) is 18.3. The summed E-state index contributed by atoms with van der Waals surface area (Å²) in [5.41, 5.74) is 1.22. The molecule has 1 N–H and O–H groups in total. The molecule has 3 nitrogen and oxygen atoms in total. The average molecular weight is 347 g/mol. The van der Waals surface area contributed by atoms with Crippen LogP contribution in [0.15, 0.2) is 48.5 Å². The van der Waals surface area contributed by atoms with Gasteiger partial charge in [0.2, 0.25) is 0 Å². The van der Waals surface area contributed by atoms with E-state index in [4.69, 9.17) is 4.74 Å². The third kappa shape index (κ3) is 5.57. The fourth-order valence-corrected chi connectivity index (χ4v) is 2.99. The molecule has 0 bridgehead atoms. The van der Waals surface area contributed by atoms with Gasteiger partial charge in [0.05, 0.1) is 11.7 Å². The molecule has 0 radical (unpaired) electrons. The van der Waals surface area contributed by atoms with Gasteiger partial charge in [0, 0.05) is 18.1 Å². The van der Waals surface area contributed by atoms with Crippen molar-refractivity contribution < 1.29 is 13.9 Å². The summed E-state index contributed by atoms with van der Waals surface area (Å²) in [6.07, 6.45) is 0.00951. The summed E-state index contributed by atoms with van der Waals surface area (Å²) in [7, 11) is 0. The van der Waals surface area contributed by atoms with Gasteiger partial charge in [-0.05, 0) is 37.6 Å². The first-order valence-electron chi connectivity index (χ1n) is 7.93. The monoisotopic (exact) mass is 347 g/mol. The van der Waals surface area contributed by atoms with Crippen molar-refractivity contribution in [3.63, 3.8) is 0 Å². The van der Waals surface area contributed by atoms with Gasteiger partial charge in [-0.1, -0.05) is 30.3 Å². The van der Waals surface area contributed by atoms with Crippen molar-refractivity contribution >= 4 is 17.7 Å². The Hall–Kier alpha value is -2.01. The van der Waals surface area contributed by atoms with E-state index in [-0.39, 0.29) is 17.8 Å². The molecule has 0 aliphatic rings. The van der Waals surface area contributed by atoms with E-state index in [1.54, 1.807) is 36.0 Å². The van der Waals surface area contributed by atoms with E-state index in [0.717, 1.165) is 0 Å². The second kappa shape index (κ2) is 9.33. The molecule has 5 heteroatoms. The van der Waals surface area contributed by atoms with Gasteiger partial charge >= 0.3 is 0 Å². The van der Waals surface area contributed by atoms with Crippen molar-refractivity contribution in [2.75, 3.05) is 12.3 Å². The van der Waals surface area contributed by atoms with E-state index < -0.39 is 0 Å². The molecule has 0 atom stereocenters. The Morgan fingerprint density at radius 2 is 1.88 bits per heavy atom. The normalized spacial score (nSPS) is 10.7. The van der Waals surface area contributed by atoms with Crippen LogP contribution in [-0.2, 0) is 5.75 Å². The fourth-order valence-electron chi connectivity index (χ4n) is 2.14. The summed E-state index contributed by atoms with van der Waals surface area (Å²) < 4.78 is 19.2. The Balaban J connectivity index is 1.78. The van der Waals surface area contributed by atoms with E-state index in [1.807, 2.05) is 32.0 Å². The van der Waals surface area contributed by atoms with Crippen LogP contribution in [0.25, 0.3) is 0 Å². The van der Waals surface area contributed by atoms with E-state index in [2.05, 4.69) is 5.32 Å². The molecule has 0 fully saturated rings. The fraction of sp³-hybridized carbons (Fsp3) is 0.316. The summed E-state index contributed by atoms with van der Waals surface area (Å²) in [5.74, 6) is 1.55. The van der Waals surface area contributed by atoms with Gasteiger partial charge in [-0.3, -0.25) is 4.79 Å². The molecular weight excluding hydrogens is 325 g/mol. The van der Waals surface area contributed by atoms with Crippen LogP contribution in [0, 0.1) is 5.82 Å². The number of carbonyl (C=O) groups is 1. The van der Waals surface area contributed by atoms with E-state index >= 15 is 0 Å². The third-order valence-corrected chi connectivity index (χ3v) is 4.25. The Morgan fingerprint density at radius 1 is 1.17 bits per heavy atom. The van der Waals surface area contributed by atoms with Gasteiger partial charge in [0.1, 0.15) is 11.6 Å². The number of para-hydroxylation sites is 1. The second-order valence-electron chi connectivity index (χ2n) is 5.56. The summed E-state index contributed by atoms with van der Waals surface area (Å²) in [6, 6.07) is 14.0. The highest BCUT2D eigenvalue weighted by molar-refractivity contribution is 7.98. The van der Waals surface area contributed by atoms with Crippen LogP contribution in [0.3, 0.4) is 0 Å². The molecule has 0 spiro atoms. The lowest BCUT2D eigenvalue weighted by atomic mass is 10.2. The Labute approximate surface area is 146 Å². The molecule has 2 rings (SSSR count). The third-order valence-electron chi connectivity index (χ3n) is 3.24. The number of nitrogens with one attached hydrogen (secondary N) is 1. The summed E-state index contributed by atoms with van der Waals surface area (Å²) >= 11 is 1.59. The Bertz CT molecular complexity index is 676. The highest BCUT2D eigenvalue weighted by Gasteiger charge is 2.12. The maximum absolute atomic E-state index is 13.5. The molecule has 0 unspecified atom stereocenters. The van der Waals surface area contributed by atoms with Crippen LogP contribution in [0.5, 0.6) is 5.75 Å². The van der Waals surface area contributed by atoms with E-state index in [0.29, 0.717) is 34.9 Å². The minimum Gasteiger partial charge on any atom is -0.490 e. The molecule has 128 valence electrons. The zero-order valence-electron chi connectivity index (χ0n) is 13.9. The van der Waals surface area contributed by atoms with Crippen LogP contribution < -0.4 is 10.1 Å². The number of hydrogen-bond donors (Lipinski definition) is 1. The largest absolute Gasteiger partial charge is 0.490 e. The molecule has 0 saturated carbocycles. The highest BCUT2D eigenvalue weighted by atomic mass is 32.2. The van der Waals surface area contributed by atoms with Crippen molar-refractivity contribution in [1.29, 1.82) is 0 Å². The lowest BCUT2D eigenvalue weighted by Crippen LogP contribution is -2.26. The van der Waals surface area contributed by atoms with Gasteiger partial charge in [0.25, 0.3) is 5.91 Å². The van der Waals surface area contributed by atoms with Gasteiger partial charge in [-0.15, -0.1) is 0 Å². The number of benzene rings is 2. The van der Waals surface area contributed by atoms with Crippen molar-refractivity contribution in [3.8, 4) is 5.75 Å². The van der Waals surface area contributed by atoms with E-state index in [9.17, 15) is 9.18 Å². The summed E-state index contributed by atoms with van der Waals surface area (Å²) in [5, 5.41) is 2.88. The topological polar surface area (TPSA) is 38.3 Å². The predicted molar refractivity (Wildman–Crippen MR) is 97.1 cm³/mol. The first-order chi connectivity index (χ1) is 11.6. The van der Waals surface area contributed by atoms with Crippen molar-refractivity contribution in [1.82, 2.24) is 5.32 Å². The van der Waals surface area contributed by atoms with Crippen LogP contribution in [0.2, 0.25) is 0 Å². The first-order valence-corrected chi connectivity index (χ1v) is 9.08. The number of ether oxygens (including phenoxy) is 1. The number of rotatable bonds is 8. The number of amides is 1. The van der Waals surface area contributed by atoms with Crippen molar-refractivity contribution in [2.45, 2.75) is 25.7 Å². The van der Waals surface area contributed by atoms with Gasteiger partial charge < -0.3 is 10.1 Å². The van der Waals surface area contributed by atoms with Crippen LogP contribution >= 0.6 is 11.8 Å². The second-order valence-corrected chi connectivity index (χ2v) is 6.67. The molecule has 2 aromatic rings. The predicted octanol–water partition coefficient (Wildman–Crippen LogP) is 4.28. The SMILES string of the molecule is CC(C)Oc1ccccc1C(=O)NCCSCc1ccccc1F. The van der Waals surface area contributed by atoms with Crippen LogP contribution in [-0.4, -0.2) is 24.3 Å². The summed E-state index contributed by atoms with van der Waals surface area (Å²) in [4.78, 5) is 12.3. The van der Waals surface area contributed by atoms with Crippen LogP contribution in [0.4, 0.5) is 4.39 Å². The highest BCUT2D eigenvalue weighted by Crippen LogP contribution is 2.19.